The van der Waals surface area contributed by atoms with Gasteiger partial charge in [0.15, 0.2) is 0 Å². The van der Waals surface area contributed by atoms with Gasteiger partial charge >= 0.3 is 0 Å². The Morgan fingerprint density at radius 1 is 1.44 bits per heavy atom. The van der Waals surface area contributed by atoms with Gasteiger partial charge in [0.1, 0.15) is 12.1 Å². The van der Waals surface area contributed by atoms with Gasteiger partial charge in [0.25, 0.3) is 0 Å². The molecule has 0 saturated carbocycles. The fourth-order valence-electron chi connectivity index (χ4n) is 2.26. The molecule has 1 unspecified atom stereocenters. The van der Waals surface area contributed by atoms with Crippen LogP contribution in [0.2, 0.25) is 0 Å². The predicted octanol–water partition coefficient (Wildman–Crippen LogP) is 1.50. The summed E-state index contributed by atoms with van der Waals surface area (Å²) in [5, 5.41) is 3.50. The largest absolute Gasteiger partial charge is 0.367 e. The van der Waals surface area contributed by atoms with E-state index >= 15 is 0 Å². The normalized spacial score (nSPS) is 15.9. The number of hydrogen-bond acceptors (Lipinski definition) is 4. The van der Waals surface area contributed by atoms with Crippen LogP contribution in [0, 0.1) is 0 Å². The molecule has 0 bridgehead atoms. The van der Waals surface area contributed by atoms with Crippen LogP contribution in [0.3, 0.4) is 0 Å². The first-order valence-electron chi connectivity index (χ1n) is 6.14. The summed E-state index contributed by atoms with van der Waals surface area (Å²) in [6.07, 6.45) is 7.15. The zero-order valence-corrected chi connectivity index (χ0v) is 9.87. The monoisotopic (exact) mass is 220 g/mol. The van der Waals surface area contributed by atoms with Crippen LogP contribution in [0.5, 0.6) is 0 Å². The second kappa shape index (κ2) is 5.25. The van der Waals surface area contributed by atoms with Crippen LogP contribution in [-0.4, -0.2) is 22.6 Å². The highest BCUT2D eigenvalue weighted by Gasteiger charge is 2.18. The fraction of sp³-hybridized carbons (Fsp3) is 0.667. The molecule has 0 aliphatic heterocycles. The Morgan fingerprint density at radius 3 is 3.06 bits per heavy atom. The highest BCUT2D eigenvalue weighted by atomic mass is 15.0. The lowest BCUT2D eigenvalue weighted by molar-refractivity contribution is 0.638. The SMILES string of the molecule is CCC(CCN)Nc1ncnc2c1CCC2. The second-order valence-electron chi connectivity index (χ2n) is 4.33. The Kier molecular flexibility index (Phi) is 3.72. The van der Waals surface area contributed by atoms with E-state index in [1.165, 1.54) is 17.7 Å². The van der Waals surface area contributed by atoms with Crippen LogP contribution >= 0.6 is 0 Å². The average Bonchev–Trinajstić information content (AvgIpc) is 2.77. The third-order valence-corrected chi connectivity index (χ3v) is 3.22. The van der Waals surface area contributed by atoms with Gasteiger partial charge in [0.2, 0.25) is 0 Å². The number of fused-ring (bicyclic) bond motifs is 1. The van der Waals surface area contributed by atoms with Crippen molar-refractivity contribution in [1.29, 1.82) is 0 Å². The Morgan fingerprint density at radius 2 is 2.31 bits per heavy atom. The van der Waals surface area contributed by atoms with E-state index in [1.54, 1.807) is 6.33 Å². The van der Waals surface area contributed by atoms with Crippen LogP contribution in [0.25, 0.3) is 0 Å². The van der Waals surface area contributed by atoms with Gasteiger partial charge in [-0.05, 0) is 38.6 Å². The second-order valence-corrected chi connectivity index (χ2v) is 4.33. The standard InChI is InChI=1S/C12H20N4/c1-2-9(6-7-13)16-12-10-4-3-5-11(10)14-8-15-12/h8-9H,2-7,13H2,1H3,(H,14,15,16). The molecule has 3 N–H and O–H groups in total. The van der Waals surface area contributed by atoms with E-state index in [1.807, 2.05) is 0 Å². The molecule has 1 aliphatic carbocycles. The molecule has 2 rings (SSSR count). The summed E-state index contributed by atoms with van der Waals surface area (Å²) in [6.45, 7) is 2.90. The quantitative estimate of drug-likeness (QED) is 0.789. The number of aromatic nitrogens is 2. The Labute approximate surface area is 96.7 Å². The molecule has 0 saturated heterocycles. The summed E-state index contributed by atoms with van der Waals surface area (Å²) in [5.41, 5.74) is 8.14. The topological polar surface area (TPSA) is 63.8 Å². The van der Waals surface area contributed by atoms with Crippen molar-refractivity contribution < 1.29 is 0 Å². The minimum atomic E-state index is 0.435. The van der Waals surface area contributed by atoms with Crippen molar-refractivity contribution in [3.05, 3.63) is 17.6 Å². The molecule has 1 atom stereocenters. The first kappa shape index (κ1) is 11.3. The van der Waals surface area contributed by atoms with E-state index in [2.05, 4.69) is 22.2 Å². The molecule has 4 nitrogen and oxygen atoms in total. The zero-order valence-electron chi connectivity index (χ0n) is 9.87. The number of anilines is 1. The molecule has 1 aromatic rings. The Hall–Kier alpha value is -1.16. The molecule has 0 amide bonds. The van der Waals surface area contributed by atoms with Crippen LogP contribution in [0.1, 0.15) is 37.4 Å². The third-order valence-electron chi connectivity index (χ3n) is 3.22. The van der Waals surface area contributed by atoms with Crippen molar-refractivity contribution in [3.8, 4) is 0 Å². The number of hydrogen-bond donors (Lipinski definition) is 2. The maximum absolute atomic E-state index is 5.60. The summed E-state index contributed by atoms with van der Waals surface area (Å²) in [6, 6.07) is 0.435. The van der Waals surface area contributed by atoms with Gasteiger partial charge in [0.05, 0.1) is 0 Å². The fourth-order valence-corrected chi connectivity index (χ4v) is 2.26. The van der Waals surface area contributed by atoms with Gasteiger partial charge in [-0.3, -0.25) is 0 Å². The van der Waals surface area contributed by atoms with Crippen molar-refractivity contribution in [2.75, 3.05) is 11.9 Å². The molecule has 1 aliphatic rings. The minimum absolute atomic E-state index is 0.435. The van der Waals surface area contributed by atoms with Gasteiger partial charge in [-0.2, -0.15) is 0 Å². The highest BCUT2D eigenvalue weighted by molar-refractivity contribution is 5.48. The molecule has 0 radical (unpaired) electrons. The summed E-state index contributed by atoms with van der Waals surface area (Å²) in [7, 11) is 0. The Bertz CT molecular complexity index is 351. The number of nitrogens with one attached hydrogen (secondary N) is 1. The lowest BCUT2D eigenvalue weighted by atomic mass is 10.1. The van der Waals surface area contributed by atoms with E-state index < -0.39 is 0 Å². The van der Waals surface area contributed by atoms with Crippen LogP contribution < -0.4 is 11.1 Å². The lowest BCUT2D eigenvalue weighted by Crippen LogP contribution is -2.23. The first-order chi connectivity index (χ1) is 7.85. The van der Waals surface area contributed by atoms with Gasteiger partial charge in [-0.15, -0.1) is 0 Å². The van der Waals surface area contributed by atoms with Gasteiger partial charge < -0.3 is 11.1 Å². The molecule has 4 heteroatoms. The minimum Gasteiger partial charge on any atom is -0.367 e. The maximum atomic E-state index is 5.60. The summed E-state index contributed by atoms with van der Waals surface area (Å²) >= 11 is 0. The van der Waals surface area contributed by atoms with E-state index in [0.717, 1.165) is 38.0 Å². The van der Waals surface area contributed by atoms with Crippen molar-refractivity contribution in [2.45, 2.75) is 45.1 Å². The maximum Gasteiger partial charge on any atom is 0.133 e. The molecule has 0 fully saturated rings. The van der Waals surface area contributed by atoms with Gasteiger partial charge in [-0.1, -0.05) is 6.92 Å². The summed E-state index contributed by atoms with van der Waals surface area (Å²) < 4.78 is 0. The molecular formula is C12H20N4. The number of rotatable bonds is 5. The van der Waals surface area contributed by atoms with Crippen molar-refractivity contribution in [2.24, 2.45) is 5.73 Å². The van der Waals surface area contributed by atoms with Crippen LogP contribution in [0.4, 0.5) is 5.82 Å². The number of nitrogens with two attached hydrogens (primary N) is 1. The van der Waals surface area contributed by atoms with Crippen LogP contribution in [0.15, 0.2) is 6.33 Å². The van der Waals surface area contributed by atoms with Gasteiger partial charge in [0, 0.05) is 17.3 Å². The summed E-state index contributed by atoms with van der Waals surface area (Å²) in [4.78, 5) is 8.68. The Balaban J connectivity index is 2.12. The van der Waals surface area contributed by atoms with E-state index in [9.17, 15) is 0 Å². The van der Waals surface area contributed by atoms with Gasteiger partial charge in [-0.25, -0.2) is 9.97 Å². The van der Waals surface area contributed by atoms with E-state index in [4.69, 9.17) is 5.73 Å². The predicted molar refractivity (Wildman–Crippen MR) is 65.4 cm³/mol. The smallest absolute Gasteiger partial charge is 0.133 e. The van der Waals surface area contributed by atoms with Crippen molar-refractivity contribution in [3.63, 3.8) is 0 Å². The van der Waals surface area contributed by atoms with Crippen LogP contribution in [-0.2, 0) is 12.8 Å². The molecule has 0 aromatic carbocycles. The first-order valence-corrected chi connectivity index (χ1v) is 6.14. The zero-order chi connectivity index (χ0) is 11.4. The molecular weight excluding hydrogens is 200 g/mol. The molecule has 16 heavy (non-hydrogen) atoms. The summed E-state index contributed by atoms with van der Waals surface area (Å²) in [5.74, 6) is 1.03. The van der Waals surface area contributed by atoms with Crippen molar-refractivity contribution >= 4 is 5.82 Å². The highest BCUT2D eigenvalue weighted by Crippen LogP contribution is 2.25. The third kappa shape index (κ3) is 2.32. The van der Waals surface area contributed by atoms with E-state index in [-0.39, 0.29) is 0 Å². The number of aryl methyl sites for hydroxylation is 1. The average molecular weight is 220 g/mol. The molecule has 1 heterocycles. The molecule has 0 spiro atoms. The molecule has 88 valence electrons. The lowest BCUT2D eigenvalue weighted by Gasteiger charge is -2.18. The number of nitrogens with zero attached hydrogens (tertiary/aromatic N) is 2. The van der Waals surface area contributed by atoms with Crippen molar-refractivity contribution in [1.82, 2.24) is 9.97 Å². The van der Waals surface area contributed by atoms with E-state index in [0.29, 0.717) is 6.04 Å². The molecule has 1 aromatic heterocycles.